The van der Waals surface area contributed by atoms with E-state index in [0.717, 1.165) is 4.53 Å². The molecule has 0 unspecified atom stereocenters. The minimum Gasteiger partial charge on any atom is -0.691 e. The number of nitrogens with zero attached hydrogens (tertiary/aromatic N) is 3. The van der Waals surface area contributed by atoms with Gasteiger partial charge in [0.05, 0.1) is 10.6 Å². The van der Waals surface area contributed by atoms with E-state index in [2.05, 4.69) is 5.22 Å². The minimum atomic E-state index is 0.283. The van der Waals surface area contributed by atoms with Crippen LogP contribution in [0.25, 0.3) is 0 Å². The van der Waals surface area contributed by atoms with Gasteiger partial charge in [-0.25, -0.2) is 0 Å². The normalized spacial score (nSPS) is 15.1. The van der Waals surface area contributed by atoms with Crippen LogP contribution in [0.2, 0.25) is 10.0 Å². The summed E-state index contributed by atoms with van der Waals surface area (Å²) in [7, 11) is 0. The average molecular weight is 252 g/mol. The zero-order valence-corrected chi connectivity index (χ0v) is 9.01. The molecule has 2 rings (SSSR count). The van der Waals surface area contributed by atoms with Crippen LogP contribution in [0.1, 0.15) is 5.56 Å². The van der Waals surface area contributed by atoms with E-state index in [4.69, 9.17) is 35.0 Å². The molecule has 74 valence electrons. The number of hydrogen-bond acceptors (Lipinski definition) is 3. The first-order chi connectivity index (χ1) is 6.58. The smallest absolute Gasteiger partial charge is 0.164 e. The van der Waals surface area contributed by atoms with Crippen molar-refractivity contribution in [2.24, 2.45) is 5.22 Å². The second kappa shape index (κ2) is 3.46. The molecule has 0 N–H and O–H groups in total. The van der Waals surface area contributed by atoms with Crippen molar-refractivity contribution in [2.45, 2.75) is 6.54 Å². The molecular weight excluding hydrogens is 248 g/mol. The molecule has 4 nitrogen and oxygen atoms in total. The van der Waals surface area contributed by atoms with Crippen molar-refractivity contribution < 1.29 is 4.86 Å². The molecular formula is C7H4Cl3N3O. The number of benzene rings is 1. The van der Waals surface area contributed by atoms with Gasteiger partial charge in [0, 0.05) is 11.1 Å². The van der Waals surface area contributed by atoms with Crippen LogP contribution >= 0.6 is 35.0 Å². The Kier molecular flexibility index (Phi) is 2.43. The molecule has 1 aliphatic rings. The van der Waals surface area contributed by atoms with Gasteiger partial charge < -0.3 is 5.21 Å². The molecule has 7 heteroatoms. The van der Waals surface area contributed by atoms with Crippen LogP contribution in [0.3, 0.4) is 0 Å². The highest BCUT2D eigenvalue weighted by Gasteiger charge is 2.24. The van der Waals surface area contributed by atoms with Gasteiger partial charge in [-0.1, -0.05) is 27.7 Å². The van der Waals surface area contributed by atoms with Crippen LogP contribution in [0.4, 0.5) is 5.69 Å². The van der Waals surface area contributed by atoms with Crippen LogP contribution in [0.5, 0.6) is 0 Å². The van der Waals surface area contributed by atoms with E-state index in [1.807, 2.05) is 0 Å². The third-order valence-electron chi connectivity index (χ3n) is 1.81. The summed E-state index contributed by atoms with van der Waals surface area (Å²) >= 11 is 17.2. The second-order valence-electron chi connectivity index (χ2n) is 2.74. The number of halogens is 3. The largest absolute Gasteiger partial charge is 0.691 e. The summed E-state index contributed by atoms with van der Waals surface area (Å²) in [6, 6.07) is 3.06. The van der Waals surface area contributed by atoms with Crippen molar-refractivity contribution in [1.29, 1.82) is 0 Å². The molecule has 0 aromatic heterocycles. The van der Waals surface area contributed by atoms with Gasteiger partial charge in [-0.15, -0.1) is 4.86 Å². The zero-order chi connectivity index (χ0) is 10.3. The summed E-state index contributed by atoms with van der Waals surface area (Å²) in [6.07, 6.45) is 0. The van der Waals surface area contributed by atoms with E-state index >= 15 is 0 Å². The molecule has 0 radical (unpaired) electrons. The van der Waals surface area contributed by atoms with Crippen molar-refractivity contribution in [3.63, 3.8) is 0 Å². The monoisotopic (exact) mass is 251 g/mol. The van der Waals surface area contributed by atoms with Crippen LogP contribution in [-0.4, -0.2) is 9.39 Å². The molecule has 0 amide bonds. The summed E-state index contributed by atoms with van der Waals surface area (Å²) in [4.78, 5) is 0.392. The highest BCUT2D eigenvalue weighted by molar-refractivity contribution is 6.35. The standard InChI is InChI=1S/C7H4Cl3N3O/c8-4-1-6(9)5-3-12(10)11-13(14)7(5)2-4/h1-2H,3H2. The lowest BCUT2D eigenvalue weighted by molar-refractivity contribution is -0.463. The van der Waals surface area contributed by atoms with E-state index < -0.39 is 0 Å². The van der Waals surface area contributed by atoms with Crippen molar-refractivity contribution >= 4 is 40.7 Å². The van der Waals surface area contributed by atoms with E-state index in [1.165, 1.54) is 6.07 Å². The molecule has 0 saturated heterocycles. The molecule has 1 aromatic rings. The van der Waals surface area contributed by atoms with Crippen molar-refractivity contribution in [3.05, 3.63) is 32.9 Å². The maximum Gasteiger partial charge on any atom is 0.164 e. The first-order valence-corrected chi connectivity index (χ1v) is 4.77. The predicted octanol–water partition coefficient (Wildman–Crippen LogP) is 3.47. The highest BCUT2D eigenvalue weighted by Crippen LogP contribution is 2.34. The molecule has 0 saturated carbocycles. The maximum atomic E-state index is 11.3. The van der Waals surface area contributed by atoms with Crippen LogP contribution in [0, 0.1) is 5.21 Å². The Bertz CT molecular complexity index is 421. The highest BCUT2D eigenvalue weighted by atomic mass is 35.5. The van der Waals surface area contributed by atoms with Crippen molar-refractivity contribution in [3.8, 4) is 0 Å². The lowest BCUT2D eigenvalue weighted by Gasteiger charge is -2.17. The Hall–Kier alpha value is -0.710. The van der Waals surface area contributed by atoms with Crippen molar-refractivity contribution in [2.75, 3.05) is 0 Å². The van der Waals surface area contributed by atoms with Gasteiger partial charge >= 0.3 is 0 Å². The number of rotatable bonds is 0. The zero-order valence-electron chi connectivity index (χ0n) is 6.75. The van der Waals surface area contributed by atoms with Gasteiger partial charge in [0.2, 0.25) is 0 Å². The second-order valence-corrected chi connectivity index (χ2v) is 3.98. The van der Waals surface area contributed by atoms with Crippen molar-refractivity contribution in [1.82, 2.24) is 4.53 Å². The first-order valence-electron chi connectivity index (χ1n) is 3.68. The van der Waals surface area contributed by atoms with Crippen LogP contribution in [-0.2, 0) is 6.54 Å². The molecule has 1 heterocycles. The Morgan fingerprint density at radius 2 is 2.14 bits per heavy atom. The molecule has 0 spiro atoms. The van der Waals surface area contributed by atoms with Crippen LogP contribution in [0.15, 0.2) is 17.4 Å². The van der Waals surface area contributed by atoms with E-state index in [1.54, 1.807) is 6.07 Å². The first kappa shape index (κ1) is 9.83. The fourth-order valence-electron chi connectivity index (χ4n) is 1.22. The topological polar surface area (TPSA) is 41.7 Å². The summed E-state index contributed by atoms with van der Waals surface area (Å²) < 4.78 is 0.995. The summed E-state index contributed by atoms with van der Waals surface area (Å²) in [5.74, 6) is 0. The van der Waals surface area contributed by atoms with Gasteiger partial charge in [-0.2, -0.15) is 0 Å². The molecule has 0 atom stereocenters. The maximum absolute atomic E-state index is 11.3. The SMILES string of the molecule is [O-][N+]1=NN(Cl)Cc2c(Cl)cc(Cl)cc21. The van der Waals surface area contributed by atoms with Gasteiger partial charge in [-0.05, 0) is 6.07 Å². The molecule has 1 aromatic carbocycles. The van der Waals surface area contributed by atoms with Gasteiger partial charge in [0.1, 0.15) is 5.22 Å². The fourth-order valence-corrected chi connectivity index (χ4v) is 1.94. The van der Waals surface area contributed by atoms with E-state index in [9.17, 15) is 5.21 Å². The quantitative estimate of drug-likeness (QED) is 0.403. The Balaban J connectivity index is 2.63. The Morgan fingerprint density at radius 1 is 1.43 bits per heavy atom. The molecule has 0 bridgehead atoms. The Labute approximate surface area is 94.9 Å². The third-order valence-corrected chi connectivity index (χ3v) is 2.55. The lowest BCUT2D eigenvalue weighted by Crippen LogP contribution is -2.15. The number of hydrogen-bond donors (Lipinski definition) is 0. The molecule has 0 fully saturated rings. The molecule has 1 aliphatic heterocycles. The lowest BCUT2D eigenvalue weighted by atomic mass is 10.2. The van der Waals surface area contributed by atoms with Crippen LogP contribution < -0.4 is 0 Å². The van der Waals surface area contributed by atoms with Gasteiger partial charge in [0.15, 0.2) is 24.0 Å². The van der Waals surface area contributed by atoms with E-state index in [-0.39, 0.29) is 6.54 Å². The summed E-state index contributed by atoms with van der Waals surface area (Å²) in [5, 5.41) is 15.6. The average Bonchev–Trinajstić information content (AvgIpc) is 2.07. The predicted molar refractivity (Wildman–Crippen MR) is 53.6 cm³/mol. The summed E-state index contributed by atoms with van der Waals surface area (Å²) in [5.41, 5.74) is 0.954. The van der Waals surface area contributed by atoms with Gasteiger partial charge in [-0.3, -0.25) is 0 Å². The third kappa shape index (κ3) is 1.61. The fraction of sp³-hybridized carbons (Fsp3) is 0.143. The molecule has 0 aliphatic carbocycles. The number of fused-ring (bicyclic) bond motifs is 1. The van der Waals surface area contributed by atoms with E-state index in [0.29, 0.717) is 26.2 Å². The Morgan fingerprint density at radius 3 is 2.86 bits per heavy atom. The minimum absolute atomic E-state index is 0.283. The molecule has 14 heavy (non-hydrogen) atoms. The summed E-state index contributed by atoms with van der Waals surface area (Å²) in [6.45, 7) is 0.283. The van der Waals surface area contributed by atoms with Gasteiger partial charge in [0.25, 0.3) is 0 Å².